The second-order valence-electron chi connectivity index (χ2n) is 2.58. The molecule has 0 aliphatic carbocycles. The summed E-state index contributed by atoms with van der Waals surface area (Å²) in [5.74, 6) is -1.57. The molecule has 0 aliphatic heterocycles. The maximum Gasteiger partial charge on any atom is 0.328 e. The minimum atomic E-state index is -1.14. The summed E-state index contributed by atoms with van der Waals surface area (Å²) in [6, 6.07) is 3.63. The number of carbonyl (C=O) groups is 2. The molecule has 0 bridgehead atoms. The molecule has 0 radical (unpaired) electrons. The van der Waals surface area contributed by atoms with Crippen molar-refractivity contribution in [3.8, 4) is 0 Å². The molecule has 5 nitrogen and oxygen atoms in total. The molecule has 1 amide bonds. The average Bonchev–Trinajstić information content (AvgIpc) is 2.63. The predicted octanol–water partition coefficient (Wildman–Crippen LogP) is 0.272. The number of hydrogen-bond donors (Lipinski definition) is 3. The maximum absolute atomic E-state index is 11.0. The lowest BCUT2D eigenvalue weighted by atomic mass is 10.4. The van der Waals surface area contributed by atoms with Gasteiger partial charge in [0.05, 0.1) is 6.54 Å². The molecule has 0 saturated heterocycles. The molecular weight excluding hydrogens is 184 g/mol. The summed E-state index contributed by atoms with van der Waals surface area (Å²) in [7, 11) is 0. The summed E-state index contributed by atoms with van der Waals surface area (Å²) in [5, 5.41) is 10.8. The molecule has 0 aliphatic rings. The minimum Gasteiger partial charge on any atom is -0.478 e. The molecule has 5 heteroatoms. The molecule has 0 unspecified atom stereocenters. The Labute approximate surface area is 80.4 Å². The van der Waals surface area contributed by atoms with E-state index in [0.29, 0.717) is 6.54 Å². The van der Waals surface area contributed by atoms with E-state index in [1.54, 1.807) is 6.20 Å². The van der Waals surface area contributed by atoms with E-state index in [1.807, 2.05) is 12.1 Å². The SMILES string of the molecule is O=C(O)/C=C/C(=O)NCc1ccc[nH]1. The molecule has 1 rings (SSSR count). The first-order valence-electron chi connectivity index (χ1n) is 3.99. The number of nitrogens with one attached hydrogen (secondary N) is 2. The first kappa shape index (κ1) is 10.0. The van der Waals surface area contributed by atoms with Crippen molar-refractivity contribution in [3.05, 3.63) is 36.2 Å². The van der Waals surface area contributed by atoms with Gasteiger partial charge in [-0.25, -0.2) is 4.79 Å². The second-order valence-corrected chi connectivity index (χ2v) is 2.58. The number of amides is 1. The highest BCUT2D eigenvalue weighted by Gasteiger charge is 1.97. The second kappa shape index (κ2) is 4.86. The fourth-order valence-electron chi connectivity index (χ4n) is 0.866. The van der Waals surface area contributed by atoms with E-state index in [0.717, 1.165) is 17.8 Å². The first-order chi connectivity index (χ1) is 6.68. The van der Waals surface area contributed by atoms with E-state index in [9.17, 15) is 9.59 Å². The Morgan fingerprint density at radius 3 is 2.86 bits per heavy atom. The quantitative estimate of drug-likeness (QED) is 0.602. The van der Waals surface area contributed by atoms with Crippen LogP contribution in [0.5, 0.6) is 0 Å². The lowest BCUT2D eigenvalue weighted by Gasteiger charge is -1.98. The van der Waals surface area contributed by atoms with E-state index in [2.05, 4.69) is 10.3 Å². The third-order valence-electron chi connectivity index (χ3n) is 1.49. The van der Waals surface area contributed by atoms with Crippen molar-refractivity contribution in [1.82, 2.24) is 10.3 Å². The largest absolute Gasteiger partial charge is 0.478 e. The summed E-state index contributed by atoms with van der Waals surface area (Å²) < 4.78 is 0. The van der Waals surface area contributed by atoms with Crippen LogP contribution in [0.15, 0.2) is 30.5 Å². The summed E-state index contributed by atoms with van der Waals surface area (Å²) >= 11 is 0. The van der Waals surface area contributed by atoms with Crippen LogP contribution in [0.3, 0.4) is 0 Å². The van der Waals surface area contributed by atoms with Crippen LogP contribution in [0.4, 0.5) is 0 Å². The molecule has 0 aromatic carbocycles. The van der Waals surface area contributed by atoms with Gasteiger partial charge in [0.15, 0.2) is 0 Å². The van der Waals surface area contributed by atoms with E-state index in [-0.39, 0.29) is 0 Å². The zero-order valence-electron chi connectivity index (χ0n) is 7.36. The van der Waals surface area contributed by atoms with Crippen LogP contribution in [0.25, 0.3) is 0 Å². The van der Waals surface area contributed by atoms with E-state index in [1.165, 1.54) is 0 Å². The van der Waals surface area contributed by atoms with E-state index < -0.39 is 11.9 Å². The van der Waals surface area contributed by atoms with Gasteiger partial charge in [-0.05, 0) is 12.1 Å². The van der Waals surface area contributed by atoms with Crippen molar-refractivity contribution in [1.29, 1.82) is 0 Å². The van der Waals surface area contributed by atoms with Gasteiger partial charge in [0.1, 0.15) is 0 Å². The fourth-order valence-corrected chi connectivity index (χ4v) is 0.866. The number of carboxylic acid groups (broad SMARTS) is 1. The van der Waals surface area contributed by atoms with Gasteiger partial charge in [0.2, 0.25) is 5.91 Å². The molecule has 3 N–H and O–H groups in total. The van der Waals surface area contributed by atoms with Crippen LogP contribution in [0, 0.1) is 0 Å². The highest BCUT2D eigenvalue weighted by molar-refractivity contribution is 5.93. The normalized spacial score (nSPS) is 10.3. The van der Waals surface area contributed by atoms with Crippen LogP contribution in [0.2, 0.25) is 0 Å². The molecule has 0 fully saturated rings. The predicted molar refractivity (Wildman–Crippen MR) is 49.4 cm³/mol. The molecule has 1 aromatic heterocycles. The summed E-state index contributed by atoms with van der Waals surface area (Å²) in [4.78, 5) is 23.9. The van der Waals surface area contributed by atoms with Crippen LogP contribution in [0.1, 0.15) is 5.69 Å². The molecular formula is C9H10N2O3. The number of hydrogen-bond acceptors (Lipinski definition) is 2. The number of aliphatic carboxylic acids is 1. The van der Waals surface area contributed by atoms with Crippen molar-refractivity contribution in [2.75, 3.05) is 0 Å². The Bertz CT molecular complexity index is 341. The molecule has 1 heterocycles. The topological polar surface area (TPSA) is 82.2 Å². The summed E-state index contributed by atoms with van der Waals surface area (Å²) in [6.45, 7) is 0.357. The number of rotatable bonds is 4. The Morgan fingerprint density at radius 2 is 2.29 bits per heavy atom. The Balaban J connectivity index is 2.32. The third kappa shape index (κ3) is 3.57. The lowest BCUT2D eigenvalue weighted by Crippen LogP contribution is -2.20. The lowest BCUT2D eigenvalue weighted by molar-refractivity contribution is -0.131. The Hall–Kier alpha value is -2.04. The van der Waals surface area contributed by atoms with Gasteiger partial charge >= 0.3 is 5.97 Å². The molecule has 0 atom stereocenters. The van der Waals surface area contributed by atoms with Gasteiger partial charge in [-0.1, -0.05) is 0 Å². The zero-order chi connectivity index (χ0) is 10.4. The van der Waals surface area contributed by atoms with E-state index in [4.69, 9.17) is 5.11 Å². The summed E-state index contributed by atoms with van der Waals surface area (Å²) in [5.41, 5.74) is 0.863. The van der Waals surface area contributed by atoms with Crippen molar-refractivity contribution < 1.29 is 14.7 Å². The molecule has 74 valence electrons. The van der Waals surface area contributed by atoms with Crippen molar-refractivity contribution in [3.63, 3.8) is 0 Å². The monoisotopic (exact) mass is 194 g/mol. The number of aromatic amines is 1. The van der Waals surface area contributed by atoms with Gasteiger partial charge in [-0.15, -0.1) is 0 Å². The summed E-state index contributed by atoms with van der Waals surface area (Å²) in [6.07, 6.45) is 3.52. The van der Waals surface area contributed by atoms with Gasteiger partial charge in [0, 0.05) is 24.0 Å². The first-order valence-corrected chi connectivity index (χ1v) is 3.99. The van der Waals surface area contributed by atoms with Crippen LogP contribution < -0.4 is 5.32 Å². The van der Waals surface area contributed by atoms with Crippen LogP contribution >= 0.6 is 0 Å². The fraction of sp³-hybridized carbons (Fsp3) is 0.111. The van der Waals surface area contributed by atoms with Gasteiger partial charge < -0.3 is 15.4 Å². The smallest absolute Gasteiger partial charge is 0.328 e. The van der Waals surface area contributed by atoms with Gasteiger partial charge in [-0.2, -0.15) is 0 Å². The highest BCUT2D eigenvalue weighted by atomic mass is 16.4. The highest BCUT2D eigenvalue weighted by Crippen LogP contribution is 1.92. The van der Waals surface area contributed by atoms with Gasteiger partial charge in [-0.3, -0.25) is 4.79 Å². The zero-order valence-corrected chi connectivity index (χ0v) is 7.36. The minimum absolute atomic E-state index is 0.357. The average molecular weight is 194 g/mol. The standard InChI is InChI=1S/C9H10N2O3/c12-8(3-4-9(13)14)11-6-7-2-1-5-10-7/h1-5,10H,6H2,(H,11,12)(H,13,14)/b4-3+. The van der Waals surface area contributed by atoms with Crippen molar-refractivity contribution in [2.24, 2.45) is 0 Å². The molecule has 0 saturated carbocycles. The Kier molecular flexibility index (Phi) is 3.49. The van der Waals surface area contributed by atoms with Crippen LogP contribution in [-0.2, 0) is 16.1 Å². The molecule has 14 heavy (non-hydrogen) atoms. The number of carbonyl (C=O) groups excluding carboxylic acids is 1. The Morgan fingerprint density at radius 1 is 1.50 bits per heavy atom. The van der Waals surface area contributed by atoms with Crippen molar-refractivity contribution in [2.45, 2.75) is 6.54 Å². The number of aromatic nitrogens is 1. The van der Waals surface area contributed by atoms with Crippen molar-refractivity contribution >= 4 is 11.9 Å². The maximum atomic E-state index is 11.0. The third-order valence-corrected chi connectivity index (χ3v) is 1.49. The van der Waals surface area contributed by atoms with E-state index >= 15 is 0 Å². The molecule has 0 spiro atoms. The number of carboxylic acids is 1. The number of H-pyrrole nitrogens is 1. The molecule has 1 aromatic rings. The van der Waals surface area contributed by atoms with Gasteiger partial charge in [0.25, 0.3) is 0 Å². The van der Waals surface area contributed by atoms with Crippen LogP contribution in [-0.4, -0.2) is 22.0 Å².